The molecule has 0 unspecified atom stereocenters. The molecule has 1 amide bonds. The number of amides is 1. The molecule has 2 aromatic carbocycles. The van der Waals surface area contributed by atoms with E-state index >= 15 is 0 Å². The second-order valence-electron chi connectivity index (χ2n) is 7.91. The molecule has 30 heavy (non-hydrogen) atoms. The Labute approximate surface area is 175 Å². The van der Waals surface area contributed by atoms with Gasteiger partial charge in [0.15, 0.2) is 5.78 Å². The molecule has 2 heterocycles. The van der Waals surface area contributed by atoms with E-state index in [9.17, 15) is 9.59 Å². The van der Waals surface area contributed by atoms with Crippen LogP contribution >= 0.6 is 0 Å². The Balaban J connectivity index is 1.43. The second-order valence-corrected chi connectivity index (χ2v) is 7.91. The molecular formula is C23H26N2O5. The number of nitrogens with zero attached hydrogens (tertiary/aromatic N) is 1. The molecule has 3 N–H and O–H groups in total. The number of carbonyl (C=O) groups is 2. The zero-order chi connectivity index (χ0) is 21.1. The molecule has 1 spiro atoms. The van der Waals surface area contributed by atoms with Crippen molar-refractivity contribution >= 4 is 11.7 Å². The Kier molecular flexibility index (Phi) is 5.74. The van der Waals surface area contributed by atoms with Gasteiger partial charge in [-0.3, -0.25) is 9.59 Å². The van der Waals surface area contributed by atoms with Crippen molar-refractivity contribution in [1.82, 2.24) is 4.90 Å². The Morgan fingerprint density at radius 3 is 2.70 bits per heavy atom. The van der Waals surface area contributed by atoms with Gasteiger partial charge in [0.1, 0.15) is 24.7 Å². The highest BCUT2D eigenvalue weighted by molar-refractivity contribution is 5.94. The Morgan fingerprint density at radius 2 is 1.97 bits per heavy atom. The van der Waals surface area contributed by atoms with Gasteiger partial charge in [-0.25, -0.2) is 0 Å². The lowest BCUT2D eigenvalue weighted by Crippen LogP contribution is -2.46. The number of carbonyl (C=O) groups excluding carboxylic acids is 2. The van der Waals surface area contributed by atoms with Crippen molar-refractivity contribution in [1.29, 1.82) is 0 Å². The maximum atomic E-state index is 13.0. The van der Waals surface area contributed by atoms with Gasteiger partial charge in [-0.15, -0.1) is 0 Å². The number of piperidine rings is 1. The Bertz CT molecular complexity index is 950. The zero-order valence-electron chi connectivity index (χ0n) is 16.8. The van der Waals surface area contributed by atoms with Crippen molar-refractivity contribution in [3.05, 3.63) is 59.2 Å². The van der Waals surface area contributed by atoms with Crippen LogP contribution in [0, 0.1) is 0 Å². The molecule has 0 atom stereocenters. The highest BCUT2D eigenvalue weighted by Crippen LogP contribution is 2.46. The number of hydrogen-bond acceptors (Lipinski definition) is 6. The molecule has 2 aliphatic heterocycles. The summed E-state index contributed by atoms with van der Waals surface area (Å²) in [7, 11) is 0. The lowest BCUT2D eigenvalue weighted by atomic mass is 9.74. The summed E-state index contributed by atoms with van der Waals surface area (Å²) >= 11 is 0. The first kappa shape index (κ1) is 20.4. The third-order valence-corrected chi connectivity index (χ3v) is 6.02. The van der Waals surface area contributed by atoms with Crippen molar-refractivity contribution < 1.29 is 24.2 Å². The van der Waals surface area contributed by atoms with Gasteiger partial charge in [-0.2, -0.15) is 0 Å². The third kappa shape index (κ3) is 3.91. The fraction of sp³-hybridized carbons (Fsp3) is 0.391. The minimum absolute atomic E-state index is 0.0568. The van der Waals surface area contributed by atoms with E-state index in [0.717, 1.165) is 24.2 Å². The van der Waals surface area contributed by atoms with Crippen LogP contribution in [0.4, 0.5) is 0 Å². The van der Waals surface area contributed by atoms with Crippen LogP contribution in [0.1, 0.15) is 34.3 Å². The number of rotatable bonds is 6. The molecule has 2 aliphatic rings. The van der Waals surface area contributed by atoms with Gasteiger partial charge in [0.05, 0.1) is 6.61 Å². The van der Waals surface area contributed by atoms with Crippen LogP contribution in [0.3, 0.4) is 0 Å². The minimum atomic E-state index is -0.562. The zero-order valence-corrected chi connectivity index (χ0v) is 16.8. The lowest BCUT2D eigenvalue weighted by molar-refractivity contribution is -0.123. The summed E-state index contributed by atoms with van der Waals surface area (Å²) in [6.07, 6.45) is 1.67. The van der Waals surface area contributed by atoms with Gasteiger partial charge < -0.3 is 25.2 Å². The molecule has 1 saturated heterocycles. The van der Waals surface area contributed by atoms with Crippen LogP contribution in [0.5, 0.6) is 11.5 Å². The van der Waals surface area contributed by atoms with Gasteiger partial charge in [0.2, 0.25) is 0 Å². The van der Waals surface area contributed by atoms with Gasteiger partial charge in [0.25, 0.3) is 5.91 Å². The topological polar surface area (TPSA) is 102 Å². The molecule has 1 fully saturated rings. The molecule has 2 aromatic rings. The van der Waals surface area contributed by atoms with E-state index in [1.54, 1.807) is 24.3 Å². The van der Waals surface area contributed by atoms with Crippen molar-refractivity contribution in [2.75, 3.05) is 32.9 Å². The molecule has 4 rings (SSSR count). The molecule has 0 bridgehead atoms. The number of aliphatic hydroxyl groups excluding tert-OH is 1. The summed E-state index contributed by atoms with van der Waals surface area (Å²) < 4.78 is 11.3. The maximum absolute atomic E-state index is 13.0. The van der Waals surface area contributed by atoms with E-state index in [0.29, 0.717) is 37.6 Å². The number of ketones is 1. The molecule has 158 valence electrons. The molecular weight excluding hydrogens is 384 g/mol. The summed E-state index contributed by atoms with van der Waals surface area (Å²) in [6.45, 7) is 1.64. The monoisotopic (exact) mass is 410 g/mol. The number of Topliss-reactive ketones (excluding diaryl/α,β-unsaturated/α-hetero) is 1. The van der Waals surface area contributed by atoms with Gasteiger partial charge in [0, 0.05) is 36.2 Å². The first-order chi connectivity index (χ1) is 14.5. The average Bonchev–Trinajstić information content (AvgIpc) is 3.14. The van der Waals surface area contributed by atoms with Crippen molar-refractivity contribution in [2.45, 2.75) is 24.8 Å². The maximum Gasteiger partial charge on any atom is 0.253 e. The van der Waals surface area contributed by atoms with E-state index in [1.165, 1.54) is 5.56 Å². The normalized spacial score (nSPS) is 16.8. The summed E-state index contributed by atoms with van der Waals surface area (Å²) in [6, 6.07) is 12.9. The quantitative estimate of drug-likeness (QED) is 0.751. The number of ether oxygens (including phenoxy) is 2. The third-order valence-electron chi connectivity index (χ3n) is 6.02. The molecule has 7 nitrogen and oxygen atoms in total. The van der Waals surface area contributed by atoms with Crippen molar-refractivity contribution in [3.8, 4) is 11.5 Å². The minimum Gasteiger partial charge on any atom is -0.492 e. The summed E-state index contributed by atoms with van der Waals surface area (Å²) in [4.78, 5) is 26.1. The molecule has 0 aromatic heterocycles. The van der Waals surface area contributed by atoms with Crippen molar-refractivity contribution in [2.24, 2.45) is 5.73 Å². The van der Waals surface area contributed by atoms with Gasteiger partial charge in [-0.1, -0.05) is 18.2 Å². The molecule has 0 aliphatic carbocycles. The van der Waals surface area contributed by atoms with Crippen LogP contribution in [0.2, 0.25) is 0 Å². The van der Waals surface area contributed by atoms with Crippen LogP contribution in [-0.4, -0.2) is 54.6 Å². The fourth-order valence-corrected chi connectivity index (χ4v) is 4.20. The van der Waals surface area contributed by atoms with Crippen LogP contribution < -0.4 is 15.2 Å². The summed E-state index contributed by atoms with van der Waals surface area (Å²) in [5.41, 5.74) is 8.57. The summed E-state index contributed by atoms with van der Waals surface area (Å²) in [5.74, 6) is 0.890. The molecule has 0 saturated carbocycles. The molecule has 0 radical (unpaired) electrons. The lowest BCUT2D eigenvalue weighted by Gasteiger charge is -2.38. The van der Waals surface area contributed by atoms with E-state index in [4.69, 9.17) is 20.3 Å². The van der Waals surface area contributed by atoms with E-state index < -0.39 is 12.4 Å². The number of nitrogens with two attached hydrogens (primary N) is 1. The molecule has 7 heteroatoms. The van der Waals surface area contributed by atoms with Crippen molar-refractivity contribution in [3.63, 3.8) is 0 Å². The van der Waals surface area contributed by atoms with Crippen LogP contribution in [0.25, 0.3) is 0 Å². The first-order valence-electron chi connectivity index (χ1n) is 10.2. The van der Waals surface area contributed by atoms with Gasteiger partial charge >= 0.3 is 0 Å². The van der Waals surface area contributed by atoms with Crippen LogP contribution in [0.15, 0.2) is 42.5 Å². The average molecular weight is 410 g/mol. The fourth-order valence-electron chi connectivity index (χ4n) is 4.20. The standard InChI is InChI=1S/C23H26N2O5/c24-12-16-4-5-21-20(10-16)23(15-30-21)6-8-25(9-7-23)22(28)17-2-1-3-19(11-17)29-14-18(27)13-26/h1-5,10-11,26H,6-9,12-15,24H2. The SMILES string of the molecule is NCc1ccc2c(c1)C1(CCN(C(=O)c3cccc(OCC(=O)CO)c3)CC1)CO2. The van der Waals surface area contributed by atoms with E-state index in [2.05, 4.69) is 6.07 Å². The number of benzene rings is 2. The number of likely N-dealkylation sites (tertiary alicyclic amines) is 1. The largest absolute Gasteiger partial charge is 0.492 e. The highest BCUT2D eigenvalue weighted by atomic mass is 16.5. The number of hydrogen-bond donors (Lipinski definition) is 2. The smallest absolute Gasteiger partial charge is 0.253 e. The summed E-state index contributed by atoms with van der Waals surface area (Å²) in [5, 5.41) is 8.80. The first-order valence-corrected chi connectivity index (χ1v) is 10.2. The number of fused-ring (bicyclic) bond motifs is 2. The Hall–Kier alpha value is -2.90. The Morgan fingerprint density at radius 1 is 1.17 bits per heavy atom. The van der Waals surface area contributed by atoms with Crippen LogP contribution in [-0.2, 0) is 16.8 Å². The highest BCUT2D eigenvalue weighted by Gasteiger charge is 2.43. The number of aliphatic hydroxyl groups is 1. The predicted octanol–water partition coefficient (Wildman–Crippen LogP) is 1.65. The van der Waals surface area contributed by atoms with Gasteiger partial charge in [-0.05, 0) is 42.7 Å². The second kappa shape index (κ2) is 8.45. The van der Waals surface area contributed by atoms with E-state index in [1.807, 2.05) is 17.0 Å². The van der Waals surface area contributed by atoms with E-state index in [-0.39, 0.29) is 17.9 Å². The predicted molar refractivity (Wildman–Crippen MR) is 111 cm³/mol.